The minimum absolute atomic E-state index is 0.0208. The predicted molar refractivity (Wildman–Crippen MR) is 143 cm³/mol. The molecule has 0 heterocycles. The largest absolute Gasteiger partial charge is 0.458 e. The van der Waals surface area contributed by atoms with E-state index in [2.05, 4.69) is 41.5 Å². The molecule has 4 heteroatoms. The molecule has 2 aromatic carbocycles. The van der Waals surface area contributed by atoms with Gasteiger partial charge in [-0.3, -0.25) is 0 Å². The molecule has 0 aromatic heterocycles. The van der Waals surface area contributed by atoms with Crippen LogP contribution in [-0.2, 0) is 20.3 Å². The van der Waals surface area contributed by atoms with Gasteiger partial charge in [-0.05, 0) is 65.5 Å². The highest BCUT2D eigenvalue weighted by Gasteiger charge is 2.32. The molecule has 0 spiro atoms. The average Bonchev–Trinajstić information content (AvgIpc) is 2.81. The summed E-state index contributed by atoms with van der Waals surface area (Å²) >= 11 is 0. The van der Waals surface area contributed by atoms with E-state index in [1.54, 1.807) is 0 Å². The first-order chi connectivity index (χ1) is 16.3. The van der Waals surface area contributed by atoms with Crippen LogP contribution in [-0.4, -0.2) is 24.1 Å². The maximum atomic E-state index is 12.9. The van der Waals surface area contributed by atoms with E-state index in [4.69, 9.17) is 9.47 Å². The minimum Gasteiger partial charge on any atom is -0.458 e. The Labute approximate surface area is 212 Å². The lowest BCUT2D eigenvalue weighted by atomic mass is 9.86. The zero-order valence-electron chi connectivity index (χ0n) is 23.1. The van der Waals surface area contributed by atoms with Crippen molar-refractivity contribution in [3.63, 3.8) is 0 Å². The van der Waals surface area contributed by atoms with Crippen molar-refractivity contribution in [2.45, 2.75) is 105 Å². The third-order valence-corrected chi connectivity index (χ3v) is 6.72. The number of ether oxygens (including phenoxy) is 2. The number of carbonyl (C=O) groups is 2. The second-order valence-corrected chi connectivity index (χ2v) is 11.4. The van der Waals surface area contributed by atoms with Gasteiger partial charge in [0.1, 0.15) is 12.2 Å². The molecule has 0 radical (unpaired) electrons. The van der Waals surface area contributed by atoms with E-state index in [1.165, 1.54) is 11.1 Å². The monoisotopic (exact) mass is 480 g/mol. The Hall–Kier alpha value is -2.62. The van der Waals surface area contributed by atoms with Crippen LogP contribution < -0.4 is 0 Å². The molecular weight excluding hydrogens is 436 g/mol. The summed E-state index contributed by atoms with van der Waals surface area (Å²) in [5.41, 5.74) is 3.45. The first kappa shape index (κ1) is 28.6. The molecule has 0 aliphatic rings. The van der Waals surface area contributed by atoms with Crippen LogP contribution in [0.25, 0.3) is 0 Å². The summed E-state index contributed by atoms with van der Waals surface area (Å²) in [5, 5.41) is 0. The van der Waals surface area contributed by atoms with Crippen molar-refractivity contribution in [3.05, 3.63) is 70.8 Å². The van der Waals surface area contributed by atoms with Crippen LogP contribution in [0.15, 0.2) is 48.5 Å². The molecule has 2 atom stereocenters. The minimum atomic E-state index is -0.338. The Morgan fingerprint density at radius 3 is 1.14 bits per heavy atom. The van der Waals surface area contributed by atoms with Crippen molar-refractivity contribution in [2.24, 2.45) is 5.92 Å². The molecule has 0 aliphatic heterocycles. The van der Waals surface area contributed by atoms with Gasteiger partial charge in [0, 0.05) is 5.92 Å². The molecular formula is C31H44O4. The third kappa shape index (κ3) is 7.68. The molecule has 2 rings (SSSR count). The van der Waals surface area contributed by atoms with Crippen molar-refractivity contribution in [3.8, 4) is 0 Å². The van der Waals surface area contributed by atoms with Crippen LogP contribution in [0.3, 0.4) is 0 Å². The number of hydrogen-bond acceptors (Lipinski definition) is 4. The van der Waals surface area contributed by atoms with Gasteiger partial charge >= 0.3 is 11.9 Å². The fourth-order valence-electron chi connectivity index (χ4n) is 4.34. The first-order valence-electron chi connectivity index (χ1n) is 12.9. The molecule has 192 valence electrons. The molecule has 0 amide bonds. The Bertz CT molecular complexity index is 880. The molecule has 2 unspecified atom stereocenters. The Balaban J connectivity index is 2.13. The molecule has 0 saturated carbocycles. The van der Waals surface area contributed by atoms with E-state index in [0.717, 1.165) is 6.42 Å². The second kappa shape index (κ2) is 11.9. The van der Waals surface area contributed by atoms with Crippen LogP contribution in [0.5, 0.6) is 0 Å². The average molecular weight is 481 g/mol. The van der Waals surface area contributed by atoms with Crippen molar-refractivity contribution in [1.82, 2.24) is 0 Å². The summed E-state index contributed by atoms with van der Waals surface area (Å²) in [7, 11) is 0. The highest BCUT2D eigenvalue weighted by Crippen LogP contribution is 2.28. The smallest absolute Gasteiger partial charge is 0.338 e. The standard InChI is InChI=1S/C31H44O4/c1-10-25(26(11-2)34-28(32)21-13-17-23(18-14-21)30(4,5)6)27(12-3)35-29(33)22-15-19-24(20-16-22)31(7,8)9/h13-20,25-27H,10-12H2,1-9H3. The van der Waals surface area contributed by atoms with Crippen LogP contribution >= 0.6 is 0 Å². The molecule has 0 aliphatic carbocycles. The highest BCUT2D eigenvalue weighted by atomic mass is 16.6. The van der Waals surface area contributed by atoms with Crippen molar-refractivity contribution >= 4 is 11.9 Å². The van der Waals surface area contributed by atoms with E-state index in [-0.39, 0.29) is 40.9 Å². The van der Waals surface area contributed by atoms with Gasteiger partial charge < -0.3 is 9.47 Å². The second-order valence-electron chi connectivity index (χ2n) is 11.4. The molecule has 2 aromatic rings. The van der Waals surface area contributed by atoms with E-state index >= 15 is 0 Å². The fraction of sp³-hybridized carbons (Fsp3) is 0.548. The Morgan fingerprint density at radius 2 is 0.914 bits per heavy atom. The normalized spacial score (nSPS) is 14.7. The Morgan fingerprint density at radius 1 is 0.600 bits per heavy atom. The lowest BCUT2D eigenvalue weighted by molar-refractivity contribution is -0.0362. The summed E-state index contributed by atoms with van der Waals surface area (Å²) in [6.07, 6.45) is 1.37. The third-order valence-electron chi connectivity index (χ3n) is 6.72. The summed E-state index contributed by atoms with van der Waals surface area (Å²) in [6.45, 7) is 18.9. The van der Waals surface area contributed by atoms with E-state index in [1.807, 2.05) is 69.3 Å². The molecule has 0 bridgehead atoms. The maximum absolute atomic E-state index is 12.9. The number of hydrogen-bond donors (Lipinski definition) is 0. The van der Waals surface area contributed by atoms with Gasteiger partial charge in [0.25, 0.3) is 0 Å². The maximum Gasteiger partial charge on any atom is 0.338 e. The summed E-state index contributed by atoms with van der Waals surface area (Å²) in [4.78, 5) is 25.9. The number of rotatable bonds is 9. The van der Waals surface area contributed by atoms with Crippen LogP contribution in [0, 0.1) is 5.92 Å². The van der Waals surface area contributed by atoms with Gasteiger partial charge in [-0.1, -0.05) is 86.6 Å². The summed E-state index contributed by atoms with van der Waals surface area (Å²) < 4.78 is 11.9. The van der Waals surface area contributed by atoms with Crippen molar-refractivity contribution in [1.29, 1.82) is 0 Å². The Kier molecular flexibility index (Phi) is 9.71. The van der Waals surface area contributed by atoms with Crippen LogP contribution in [0.4, 0.5) is 0 Å². The topological polar surface area (TPSA) is 52.6 Å². The van der Waals surface area contributed by atoms with Crippen LogP contribution in [0.2, 0.25) is 0 Å². The summed E-state index contributed by atoms with van der Waals surface area (Å²) in [6, 6.07) is 15.2. The predicted octanol–water partition coefficient (Wildman–Crippen LogP) is 7.88. The van der Waals surface area contributed by atoms with Gasteiger partial charge in [-0.2, -0.15) is 0 Å². The lowest BCUT2D eigenvalue weighted by Crippen LogP contribution is -2.37. The fourth-order valence-corrected chi connectivity index (χ4v) is 4.34. The van der Waals surface area contributed by atoms with Crippen molar-refractivity contribution in [2.75, 3.05) is 0 Å². The summed E-state index contributed by atoms with van der Waals surface area (Å²) in [5.74, 6) is -0.759. The lowest BCUT2D eigenvalue weighted by Gasteiger charge is -2.31. The van der Waals surface area contributed by atoms with Gasteiger partial charge in [-0.15, -0.1) is 0 Å². The molecule has 4 nitrogen and oxygen atoms in total. The molecule has 0 fully saturated rings. The zero-order chi connectivity index (χ0) is 26.4. The number of benzene rings is 2. The van der Waals surface area contributed by atoms with Gasteiger partial charge in [-0.25, -0.2) is 9.59 Å². The quantitative estimate of drug-likeness (QED) is 0.343. The zero-order valence-corrected chi connectivity index (χ0v) is 23.1. The van der Waals surface area contributed by atoms with E-state index < -0.39 is 0 Å². The molecule has 35 heavy (non-hydrogen) atoms. The van der Waals surface area contributed by atoms with E-state index in [0.29, 0.717) is 24.0 Å². The number of carbonyl (C=O) groups excluding carboxylic acids is 2. The van der Waals surface area contributed by atoms with E-state index in [9.17, 15) is 9.59 Å². The molecule has 0 saturated heterocycles. The van der Waals surface area contributed by atoms with Crippen molar-refractivity contribution < 1.29 is 19.1 Å². The SMILES string of the molecule is CCC(OC(=O)c1ccc(C(C)(C)C)cc1)C(CC)C(CC)OC(=O)c1ccc(C(C)(C)C)cc1. The first-order valence-corrected chi connectivity index (χ1v) is 12.9. The van der Waals surface area contributed by atoms with Crippen LogP contribution in [0.1, 0.15) is 113 Å². The van der Waals surface area contributed by atoms with Gasteiger partial charge in [0.15, 0.2) is 0 Å². The highest BCUT2D eigenvalue weighted by molar-refractivity contribution is 5.90. The van der Waals surface area contributed by atoms with Gasteiger partial charge in [0.2, 0.25) is 0 Å². The van der Waals surface area contributed by atoms with Gasteiger partial charge in [0.05, 0.1) is 11.1 Å². The number of esters is 2. The molecule has 0 N–H and O–H groups in total.